The van der Waals surface area contributed by atoms with E-state index in [0.717, 1.165) is 6.42 Å². The molecule has 0 aromatic carbocycles. The Hall–Kier alpha value is -0.990. The Bertz CT molecular complexity index is 310. The van der Waals surface area contributed by atoms with E-state index < -0.39 is 5.60 Å². The molecule has 92 valence electrons. The van der Waals surface area contributed by atoms with Crippen molar-refractivity contribution in [3.8, 4) is 0 Å². The Morgan fingerprint density at radius 1 is 1.44 bits per heavy atom. The Morgan fingerprint density at radius 3 is 2.44 bits per heavy atom. The predicted molar refractivity (Wildman–Crippen MR) is 65.4 cm³/mol. The van der Waals surface area contributed by atoms with Crippen molar-refractivity contribution >= 4 is 6.09 Å². The lowest BCUT2D eigenvalue weighted by atomic mass is 9.90. The number of amides is 1. The van der Waals surface area contributed by atoms with Gasteiger partial charge in [-0.05, 0) is 48.0 Å². The van der Waals surface area contributed by atoms with Gasteiger partial charge >= 0.3 is 6.09 Å². The molecule has 0 fully saturated rings. The molecule has 0 atom stereocenters. The fourth-order valence-electron chi connectivity index (χ4n) is 1.98. The van der Waals surface area contributed by atoms with Crippen LogP contribution in [0.25, 0.3) is 0 Å². The van der Waals surface area contributed by atoms with Crippen LogP contribution in [-0.4, -0.2) is 28.7 Å². The van der Waals surface area contributed by atoms with Crippen molar-refractivity contribution in [2.75, 3.05) is 6.54 Å². The minimum Gasteiger partial charge on any atom is -0.444 e. The largest absolute Gasteiger partial charge is 0.444 e. The molecule has 0 radical (unpaired) electrons. The Kier molecular flexibility index (Phi) is 3.36. The third kappa shape index (κ3) is 3.26. The first kappa shape index (κ1) is 13.1. The second kappa shape index (κ2) is 4.11. The zero-order valence-corrected chi connectivity index (χ0v) is 11.3. The summed E-state index contributed by atoms with van der Waals surface area (Å²) in [5, 5.41) is 0. The lowest BCUT2D eigenvalue weighted by molar-refractivity contribution is 0.00481. The topological polar surface area (TPSA) is 29.5 Å². The van der Waals surface area contributed by atoms with E-state index in [4.69, 9.17) is 4.74 Å². The molecule has 0 unspecified atom stereocenters. The van der Waals surface area contributed by atoms with E-state index >= 15 is 0 Å². The highest BCUT2D eigenvalue weighted by Crippen LogP contribution is 2.29. The first-order chi connectivity index (χ1) is 7.12. The summed E-state index contributed by atoms with van der Waals surface area (Å²) in [5.41, 5.74) is 0.759. The van der Waals surface area contributed by atoms with Crippen LogP contribution < -0.4 is 0 Å². The van der Waals surface area contributed by atoms with Crippen LogP contribution in [0.4, 0.5) is 4.79 Å². The number of carbonyl (C=O) groups is 1. The molecule has 0 saturated carbocycles. The van der Waals surface area contributed by atoms with Crippen molar-refractivity contribution in [3.63, 3.8) is 0 Å². The van der Waals surface area contributed by atoms with Crippen LogP contribution in [-0.2, 0) is 4.74 Å². The molecule has 1 rings (SSSR count). The molecular formula is C13H23NO2. The van der Waals surface area contributed by atoms with Crippen LogP contribution in [0.3, 0.4) is 0 Å². The number of carbonyl (C=O) groups excluding carboxylic acids is 1. The second-order valence-corrected chi connectivity index (χ2v) is 6.13. The number of rotatable bonds is 0. The molecule has 0 aliphatic carbocycles. The molecule has 0 aromatic heterocycles. The Morgan fingerprint density at radius 2 is 2.00 bits per heavy atom. The van der Waals surface area contributed by atoms with Gasteiger partial charge in [0.25, 0.3) is 0 Å². The van der Waals surface area contributed by atoms with Gasteiger partial charge in [-0.1, -0.05) is 11.6 Å². The van der Waals surface area contributed by atoms with Crippen LogP contribution in [0.2, 0.25) is 0 Å². The summed E-state index contributed by atoms with van der Waals surface area (Å²) in [4.78, 5) is 13.8. The smallest absolute Gasteiger partial charge is 0.411 e. The van der Waals surface area contributed by atoms with Crippen molar-refractivity contribution in [1.29, 1.82) is 0 Å². The van der Waals surface area contributed by atoms with Gasteiger partial charge in [0.2, 0.25) is 0 Å². The average molecular weight is 225 g/mol. The van der Waals surface area contributed by atoms with E-state index in [1.807, 2.05) is 20.8 Å². The quantitative estimate of drug-likeness (QED) is 0.592. The monoisotopic (exact) mass is 225 g/mol. The second-order valence-electron chi connectivity index (χ2n) is 6.13. The lowest BCUT2D eigenvalue weighted by Gasteiger charge is -2.41. The Balaban J connectivity index is 2.77. The average Bonchev–Trinajstić information content (AvgIpc) is 1.97. The molecule has 0 saturated heterocycles. The molecule has 0 spiro atoms. The van der Waals surface area contributed by atoms with Gasteiger partial charge in [-0.2, -0.15) is 0 Å². The molecule has 0 N–H and O–H groups in total. The highest BCUT2D eigenvalue weighted by molar-refractivity contribution is 5.69. The number of nitrogens with zero attached hydrogens (tertiary/aromatic N) is 1. The van der Waals surface area contributed by atoms with Crippen molar-refractivity contribution < 1.29 is 9.53 Å². The normalized spacial score (nSPS) is 20.4. The minimum absolute atomic E-state index is 0.152. The van der Waals surface area contributed by atoms with Crippen molar-refractivity contribution in [3.05, 3.63) is 11.6 Å². The summed E-state index contributed by atoms with van der Waals surface area (Å²) >= 11 is 0. The van der Waals surface area contributed by atoms with Gasteiger partial charge in [0.1, 0.15) is 5.60 Å². The maximum Gasteiger partial charge on any atom is 0.411 e. The van der Waals surface area contributed by atoms with E-state index in [-0.39, 0.29) is 11.6 Å². The van der Waals surface area contributed by atoms with E-state index in [0.29, 0.717) is 6.54 Å². The Labute approximate surface area is 98.5 Å². The minimum atomic E-state index is -0.427. The van der Waals surface area contributed by atoms with E-state index in [9.17, 15) is 4.79 Å². The van der Waals surface area contributed by atoms with Gasteiger partial charge in [-0.3, -0.25) is 4.90 Å². The van der Waals surface area contributed by atoms with Gasteiger partial charge in [-0.25, -0.2) is 4.79 Å². The maximum atomic E-state index is 12.0. The standard InChI is InChI=1S/C13H23NO2/c1-10-7-8-14(13(5,6)9-10)11(15)16-12(2,3)4/h7H,8-9H2,1-6H3. The molecule has 1 aliphatic rings. The summed E-state index contributed by atoms with van der Waals surface area (Å²) < 4.78 is 5.41. The molecule has 3 heteroatoms. The first-order valence-electron chi connectivity index (χ1n) is 5.78. The first-order valence-corrected chi connectivity index (χ1v) is 5.78. The third-order valence-electron chi connectivity index (χ3n) is 2.68. The molecular weight excluding hydrogens is 202 g/mol. The number of hydrogen-bond acceptors (Lipinski definition) is 2. The fourth-order valence-corrected chi connectivity index (χ4v) is 1.98. The van der Waals surface area contributed by atoms with Crippen LogP contribution in [0.5, 0.6) is 0 Å². The van der Waals surface area contributed by atoms with Gasteiger partial charge in [0.15, 0.2) is 0 Å². The number of ether oxygens (including phenoxy) is 1. The fraction of sp³-hybridized carbons (Fsp3) is 0.769. The highest BCUT2D eigenvalue weighted by atomic mass is 16.6. The van der Waals surface area contributed by atoms with E-state index in [2.05, 4.69) is 26.8 Å². The van der Waals surface area contributed by atoms with Crippen molar-refractivity contribution in [1.82, 2.24) is 4.90 Å². The molecule has 16 heavy (non-hydrogen) atoms. The van der Waals surface area contributed by atoms with Crippen LogP contribution in [0.15, 0.2) is 11.6 Å². The molecule has 1 amide bonds. The van der Waals surface area contributed by atoms with Crippen molar-refractivity contribution in [2.45, 2.75) is 59.1 Å². The summed E-state index contributed by atoms with van der Waals surface area (Å²) in [6.45, 7) is 12.6. The van der Waals surface area contributed by atoms with Gasteiger partial charge in [0, 0.05) is 12.1 Å². The predicted octanol–water partition coefficient (Wildman–Crippen LogP) is 3.35. The SMILES string of the molecule is CC1=CCN(C(=O)OC(C)(C)C)C(C)(C)C1. The zero-order valence-electron chi connectivity index (χ0n) is 11.3. The van der Waals surface area contributed by atoms with Crippen LogP contribution >= 0.6 is 0 Å². The third-order valence-corrected chi connectivity index (χ3v) is 2.68. The van der Waals surface area contributed by atoms with Gasteiger partial charge < -0.3 is 4.74 Å². The lowest BCUT2D eigenvalue weighted by Crippen LogP contribution is -2.51. The zero-order chi connectivity index (χ0) is 12.6. The van der Waals surface area contributed by atoms with Gasteiger partial charge in [-0.15, -0.1) is 0 Å². The molecule has 1 aliphatic heterocycles. The number of hydrogen-bond donors (Lipinski definition) is 0. The summed E-state index contributed by atoms with van der Waals surface area (Å²) in [6, 6.07) is 0. The van der Waals surface area contributed by atoms with Crippen molar-refractivity contribution in [2.24, 2.45) is 0 Å². The van der Waals surface area contributed by atoms with Crippen LogP contribution in [0.1, 0.15) is 48.0 Å². The molecule has 0 aromatic rings. The summed E-state index contributed by atoms with van der Waals surface area (Å²) in [5.74, 6) is 0. The molecule has 0 bridgehead atoms. The molecule has 1 heterocycles. The van der Waals surface area contributed by atoms with Gasteiger partial charge in [0.05, 0.1) is 0 Å². The summed E-state index contributed by atoms with van der Waals surface area (Å²) in [7, 11) is 0. The van der Waals surface area contributed by atoms with Crippen LogP contribution in [0, 0.1) is 0 Å². The summed E-state index contributed by atoms with van der Waals surface area (Å²) in [6.07, 6.45) is 2.78. The van der Waals surface area contributed by atoms with E-state index in [1.54, 1.807) is 4.90 Å². The maximum absolute atomic E-state index is 12.0. The van der Waals surface area contributed by atoms with E-state index in [1.165, 1.54) is 5.57 Å². The molecule has 3 nitrogen and oxygen atoms in total. The highest BCUT2D eigenvalue weighted by Gasteiger charge is 2.35.